The molecule has 1 aliphatic rings. The molecule has 1 aromatic carbocycles. The third-order valence-electron chi connectivity index (χ3n) is 5.67. The number of anilines is 1. The number of benzene rings is 1. The maximum atomic E-state index is 10.4. The molecule has 31 heavy (non-hydrogen) atoms. The van der Waals surface area contributed by atoms with Crippen molar-refractivity contribution in [1.82, 2.24) is 25.1 Å². The summed E-state index contributed by atoms with van der Waals surface area (Å²) in [6.45, 7) is 2.95. The number of hydrogen-bond acceptors (Lipinski definition) is 8. The van der Waals surface area contributed by atoms with Crippen LogP contribution in [0.5, 0.6) is 0 Å². The quantitative estimate of drug-likeness (QED) is 0.559. The number of allylic oxidation sites excluding steroid dienone is 2. The van der Waals surface area contributed by atoms with Gasteiger partial charge in [-0.05, 0) is 38.4 Å². The van der Waals surface area contributed by atoms with Crippen LogP contribution in [0.4, 0.5) is 5.82 Å². The van der Waals surface area contributed by atoms with Crippen LogP contribution >= 0.6 is 0 Å². The standard InChI is InChI=1S/C23H28N6O2/c1-14-5-4-6-17(14)22-27-28-23(31-22)20-21(24)25-13-18(26-20)15-7-9-16(10-8-15)19(30)11-12-29(2)3/h4-5,7-10,13-14,17,19,30H,6,11-12H2,1-3H3,(H2,24,25). The Hall–Kier alpha value is -3.10. The summed E-state index contributed by atoms with van der Waals surface area (Å²) in [5.74, 6) is 1.65. The average molecular weight is 421 g/mol. The fraction of sp³-hybridized carbons (Fsp3) is 0.391. The van der Waals surface area contributed by atoms with Crippen molar-refractivity contribution in [3.05, 3.63) is 54.1 Å². The van der Waals surface area contributed by atoms with Gasteiger partial charge in [-0.1, -0.05) is 43.3 Å². The molecule has 3 atom stereocenters. The van der Waals surface area contributed by atoms with Crippen LogP contribution in [0, 0.1) is 5.92 Å². The zero-order valence-corrected chi connectivity index (χ0v) is 18.1. The Morgan fingerprint density at radius 1 is 1.23 bits per heavy atom. The van der Waals surface area contributed by atoms with E-state index in [2.05, 4.69) is 44.1 Å². The molecule has 3 unspecified atom stereocenters. The van der Waals surface area contributed by atoms with Crippen LogP contribution < -0.4 is 5.73 Å². The van der Waals surface area contributed by atoms with Gasteiger partial charge in [-0.15, -0.1) is 10.2 Å². The molecule has 0 saturated carbocycles. The van der Waals surface area contributed by atoms with E-state index in [1.165, 1.54) is 0 Å². The molecule has 8 nitrogen and oxygen atoms in total. The summed E-state index contributed by atoms with van der Waals surface area (Å²) in [4.78, 5) is 11.0. The Labute approximate surface area is 181 Å². The van der Waals surface area contributed by atoms with E-state index in [1.807, 2.05) is 38.4 Å². The van der Waals surface area contributed by atoms with Crippen molar-refractivity contribution in [2.45, 2.75) is 31.8 Å². The predicted octanol–water partition coefficient (Wildman–Crippen LogP) is 3.44. The third kappa shape index (κ3) is 4.65. The van der Waals surface area contributed by atoms with Crippen molar-refractivity contribution >= 4 is 5.82 Å². The molecular formula is C23H28N6O2. The van der Waals surface area contributed by atoms with E-state index in [1.54, 1.807) is 6.20 Å². The van der Waals surface area contributed by atoms with E-state index >= 15 is 0 Å². The fourth-order valence-corrected chi connectivity index (χ4v) is 3.71. The Morgan fingerprint density at radius 3 is 2.68 bits per heavy atom. The lowest BCUT2D eigenvalue weighted by Crippen LogP contribution is -2.15. The summed E-state index contributed by atoms with van der Waals surface area (Å²) in [6.07, 6.45) is 6.97. The van der Waals surface area contributed by atoms with Gasteiger partial charge < -0.3 is 20.2 Å². The maximum absolute atomic E-state index is 10.4. The van der Waals surface area contributed by atoms with Gasteiger partial charge in [0.2, 0.25) is 5.89 Å². The first kappa shape index (κ1) is 21.1. The fourth-order valence-electron chi connectivity index (χ4n) is 3.71. The predicted molar refractivity (Wildman–Crippen MR) is 119 cm³/mol. The van der Waals surface area contributed by atoms with Crippen LogP contribution in [-0.4, -0.2) is 50.8 Å². The molecular weight excluding hydrogens is 392 g/mol. The zero-order chi connectivity index (χ0) is 22.0. The van der Waals surface area contributed by atoms with Crippen molar-refractivity contribution in [3.63, 3.8) is 0 Å². The normalized spacial score (nSPS) is 19.3. The molecule has 3 N–H and O–H groups in total. The molecule has 0 amide bonds. The van der Waals surface area contributed by atoms with E-state index in [-0.39, 0.29) is 17.6 Å². The van der Waals surface area contributed by atoms with Crippen molar-refractivity contribution in [2.24, 2.45) is 5.92 Å². The van der Waals surface area contributed by atoms with Crippen LogP contribution in [-0.2, 0) is 0 Å². The van der Waals surface area contributed by atoms with Crippen molar-refractivity contribution < 1.29 is 9.52 Å². The molecule has 0 radical (unpaired) electrons. The van der Waals surface area contributed by atoms with Gasteiger partial charge in [-0.25, -0.2) is 9.97 Å². The maximum Gasteiger partial charge on any atom is 0.270 e. The highest BCUT2D eigenvalue weighted by Crippen LogP contribution is 2.35. The highest BCUT2D eigenvalue weighted by molar-refractivity contribution is 5.68. The first-order valence-electron chi connectivity index (χ1n) is 10.5. The Balaban J connectivity index is 1.55. The van der Waals surface area contributed by atoms with Crippen molar-refractivity contribution in [3.8, 4) is 22.8 Å². The number of nitrogen functional groups attached to an aromatic ring is 1. The highest BCUT2D eigenvalue weighted by Gasteiger charge is 2.27. The Bertz CT molecular complexity index is 1060. The van der Waals surface area contributed by atoms with Gasteiger partial charge in [0.15, 0.2) is 11.5 Å². The van der Waals surface area contributed by atoms with Crippen LogP contribution in [0.25, 0.3) is 22.8 Å². The Morgan fingerprint density at radius 2 is 2.00 bits per heavy atom. The number of nitrogens with zero attached hydrogens (tertiary/aromatic N) is 5. The average Bonchev–Trinajstić information content (AvgIpc) is 3.41. The second kappa shape index (κ2) is 8.95. The van der Waals surface area contributed by atoms with E-state index in [0.29, 0.717) is 29.6 Å². The topological polar surface area (TPSA) is 114 Å². The summed E-state index contributed by atoms with van der Waals surface area (Å²) >= 11 is 0. The summed E-state index contributed by atoms with van der Waals surface area (Å²) in [7, 11) is 3.98. The molecule has 2 heterocycles. The van der Waals surface area contributed by atoms with Crippen LogP contribution in [0.3, 0.4) is 0 Å². The minimum absolute atomic E-state index is 0.185. The number of nitrogens with two attached hydrogens (primary N) is 1. The summed E-state index contributed by atoms with van der Waals surface area (Å²) in [5, 5.41) is 18.8. The molecule has 0 saturated heterocycles. The lowest BCUT2D eigenvalue weighted by Gasteiger charge is -2.15. The van der Waals surface area contributed by atoms with E-state index in [9.17, 15) is 5.11 Å². The van der Waals surface area contributed by atoms with E-state index < -0.39 is 6.10 Å². The first-order chi connectivity index (χ1) is 14.9. The molecule has 0 bridgehead atoms. The largest absolute Gasteiger partial charge is 0.419 e. The van der Waals surface area contributed by atoms with Crippen LogP contribution in [0.2, 0.25) is 0 Å². The summed E-state index contributed by atoms with van der Waals surface area (Å²) < 4.78 is 5.91. The number of hydrogen-bond donors (Lipinski definition) is 2. The molecule has 1 aliphatic carbocycles. The minimum atomic E-state index is -0.506. The second-order valence-electron chi connectivity index (χ2n) is 8.29. The Kier molecular flexibility index (Phi) is 6.11. The van der Waals surface area contributed by atoms with Gasteiger partial charge >= 0.3 is 0 Å². The summed E-state index contributed by atoms with van der Waals surface area (Å²) in [6, 6.07) is 7.66. The van der Waals surface area contributed by atoms with Gasteiger partial charge in [-0.3, -0.25) is 0 Å². The van der Waals surface area contributed by atoms with Gasteiger partial charge in [0.05, 0.1) is 18.0 Å². The molecule has 0 spiro atoms. The van der Waals surface area contributed by atoms with E-state index in [4.69, 9.17) is 10.2 Å². The zero-order valence-electron chi connectivity index (χ0n) is 18.1. The van der Waals surface area contributed by atoms with Crippen molar-refractivity contribution in [2.75, 3.05) is 26.4 Å². The number of aromatic nitrogens is 4. The van der Waals surface area contributed by atoms with E-state index in [0.717, 1.165) is 24.1 Å². The number of rotatable bonds is 7. The lowest BCUT2D eigenvalue weighted by atomic mass is 9.98. The third-order valence-corrected chi connectivity index (χ3v) is 5.67. The minimum Gasteiger partial charge on any atom is -0.419 e. The SMILES string of the molecule is CC1C=CCC1c1nnc(-c2nc(-c3ccc(C(O)CCN(C)C)cc3)cnc2N)o1. The van der Waals surface area contributed by atoms with Gasteiger partial charge in [0.1, 0.15) is 0 Å². The van der Waals surface area contributed by atoms with Crippen molar-refractivity contribution in [1.29, 1.82) is 0 Å². The molecule has 8 heteroatoms. The molecule has 3 aromatic rings. The van der Waals surface area contributed by atoms with Gasteiger partial charge in [-0.2, -0.15) is 0 Å². The summed E-state index contributed by atoms with van der Waals surface area (Å²) in [5.41, 5.74) is 8.82. The smallest absolute Gasteiger partial charge is 0.270 e. The van der Waals surface area contributed by atoms with Gasteiger partial charge in [0, 0.05) is 18.0 Å². The highest BCUT2D eigenvalue weighted by atomic mass is 16.4. The molecule has 2 aromatic heterocycles. The molecule has 4 rings (SSSR count). The van der Waals surface area contributed by atoms with Gasteiger partial charge in [0.25, 0.3) is 5.89 Å². The molecule has 162 valence electrons. The monoisotopic (exact) mass is 420 g/mol. The lowest BCUT2D eigenvalue weighted by molar-refractivity contribution is 0.154. The number of aliphatic hydroxyl groups is 1. The molecule has 0 fully saturated rings. The first-order valence-corrected chi connectivity index (χ1v) is 10.5. The molecule has 0 aliphatic heterocycles. The second-order valence-corrected chi connectivity index (χ2v) is 8.29. The number of aliphatic hydroxyl groups excluding tert-OH is 1. The van der Waals surface area contributed by atoms with Crippen LogP contribution in [0.1, 0.15) is 43.2 Å². The van der Waals surface area contributed by atoms with Crippen LogP contribution in [0.15, 0.2) is 47.0 Å².